The molecule has 0 heterocycles. The lowest BCUT2D eigenvalue weighted by Gasteiger charge is -2.15. The summed E-state index contributed by atoms with van der Waals surface area (Å²) in [7, 11) is 0. The Balaban J connectivity index is 2.35. The van der Waals surface area contributed by atoms with Gasteiger partial charge in [-0.2, -0.15) is 0 Å². The van der Waals surface area contributed by atoms with Crippen LogP contribution in [0.4, 0.5) is 0 Å². The monoisotopic (exact) mass is 318 g/mol. The molecule has 2 nitrogen and oxygen atoms in total. The minimum atomic E-state index is 0.262. The number of hydrogen-bond donors (Lipinski definition) is 0. The fraction of sp³-hybridized carbons (Fsp3) is 0.867. The van der Waals surface area contributed by atoms with Crippen LogP contribution in [0.15, 0.2) is 10.6 Å². The van der Waals surface area contributed by atoms with Gasteiger partial charge in [-0.05, 0) is 36.7 Å². The van der Waals surface area contributed by atoms with Crippen molar-refractivity contribution in [3.8, 4) is 0 Å². The molecule has 18 heavy (non-hydrogen) atoms. The molecule has 0 saturated heterocycles. The number of rotatable bonds is 5. The Morgan fingerprint density at radius 1 is 1.11 bits per heavy atom. The summed E-state index contributed by atoms with van der Waals surface area (Å²) in [6.45, 7) is 4.20. The molecular formula is C15H27BrO2. The Hall–Kier alpha value is 0.140. The van der Waals surface area contributed by atoms with E-state index in [0.717, 1.165) is 19.4 Å². The van der Waals surface area contributed by atoms with E-state index in [9.17, 15) is 0 Å². The van der Waals surface area contributed by atoms with Crippen molar-refractivity contribution in [2.45, 2.75) is 64.4 Å². The predicted molar refractivity (Wildman–Crippen MR) is 80.2 cm³/mol. The van der Waals surface area contributed by atoms with E-state index in [-0.39, 0.29) is 6.10 Å². The third kappa shape index (κ3) is 8.28. The average Bonchev–Trinajstić information content (AvgIpc) is 2.40. The maximum Gasteiger partial charge on any atom is 0.0767 e. The van der Waals surface area contributed by atoms with Crippen molar-refractivity contribution in [3.63, 3.8) is 0 Å². The van der Waals surface area contributed by atoms with Crippen LogP contribution >= 0.6 is 15.9 Å². The van der Waals surface area contributed by atoms with Gasteiger partial charge in [0.15, 0.2) is 0 Å². The number of halogens is 1. The second kappa shape index (κ2) is 11.0. The smallest absolute Gasteiger partial charge is 0.0767 e. The SMILES string of the molecule is CCOCCOC1C=C(Br)CCCCCCCC1. The van der Waals surface area contributed by atoms with Gasteiger partial charge < -0.3 is 9.47 Å². The van der Waals surface area contributed by atoms with Crippen molar-refractivity contribution < 1.29 is 9.47 Å². The van der Waals surface area contributed by atoms with Gasteiger partial charge in [-0.15, -0.1) is 0 Å². The highest BCUT2D eigenvalue weighted by molar-refractivity contribution is 9.11. The molecule has 0 spiro atoms. The molecule has 0 aromatic carbocycles. The first-order valence-corrected chi connectivity index (χ1v) is 8.17. The number of hydrogen-bond acceptors (Lipinski definition) is 2. The number of ether oxygens (including phenoxy) is 2. The van der Waals surface area contributed by atoms with Crippen molar-refractivity contribution >= 4 is 15.9 Å². The lowest BCUT2D eigenvalue weighted by Crippen LogP contribution is -2.14. The average molecular weight is 319 g/mol. The molecule has 106 valence electrons. The van der Waals surface area contributed by atoms with Gasteiger partial charge >= 0.3 is 0 Å². The molecule has 0 amide bonds. The van der Waals surface area contributed by atoms with E-state index >= 15 is 0 Å². The molecule has 1 unspecified atom stereocenters. The topological polar surface area (TPSA) is 18.5 Å². The van der Waals surface area contributed by atoms with Gasteiger partial charge in [-0.25, -0.2) is 0 Å². The van der Waals surface area contributed by atoms with Gasteiger partial charge in [0.2, 0.25) is 0 Å². The molecule has 0 saturated carbocycles. The molecule has 1 aliphatic rings. The second-order valence-corrected chi connectivity index (χ2v) is 5.90. The molecular weight excluding hydrogens is 292 g/mol. The summed E-state index contributed by atoms with van der Waals surface area (Å²) in [5, 5.41) is 0. The number of allylic oxidation sites excluding steroid dienone is 1. The minimum Gasteiger partial charge on any atom is -0.379 e. The van der Waals surface area contributed by atoms with Crippen molar-refractivity contribution in [2.24, 2.45) is 0 Å². The van der Waals surface area contributed by atoms with Crippen molar-refractivity contribution in [2.75, 3.05) is 19.8 Å². The highest BCUT2D eigenvalue weighted by Gasteiger charge is 2.08. The molecule has 3 heteroatoms. The molecule has 1 aliphatic carbocycles. The molecule has 0 bridgehead atoms. The second-order valence-electron chi connectivity index (χ2n) is 4.88. The summed E-state index contributed by atoms with van der Waals surface area (Å²) in [5.74, 6) is 0. The van der Waals surface area contributed by atoms with Gasteiger partial charge in [0.05, 0.1) is 19.3 Å². The first-order valence-electron chi connectivity index (χ1n) is 7.38. The van der Waals surface area contributed by atoms with Crippen molar-refractivity contribution in [1.29, 1.82) is 0 Å². The van der Waals surface area contributed by atoms with E-state index in [1.807, 2.05) is 6.92 Å². The molecule has 0 aromatic rings. The Morgan fingerprint density at radius 3 is 2.61 bits per heavy atom. The van der Waals surface area contributed by atoms with Crippen molar-refractivity contribution in [3.05, 3.63) is 10.6 Å². The van der Waals surface area contributed by atoms with Gasteiger partial charge in [-0.3, -0.25) is 0 Å². The van der Waals surface area contributed by atoms with Crippen LogP contribution in [0, 0.1) is 0 Å². The lowest BCUT2D eigenvalue weighted by atomic mass is 10.1. The summed E-state index contributed by atoms with van der Waals surface area (Å²) in [6, 6.07) is 0. The maximum atomic E-state index is 5.90. The van der Waals surface area contributed by atoms with Gasteiger partial charge in [0.1, 0.15) is 0 Å². The van der Waals surface area contributed by atoms with E-state index in [0.29, 0.717) is 13.2 Å². The van der Waals surface area contributed by atoms with Gasteiger partial charge in [0, 0.05) is 6.61 Å². The molecule has 0 N–H and O–H groups in total. The quantitative estimate of drug-likeness (QED) is 0.676. The first kappa shape index (κ1) is 16.2. The fourth-order valence-electron chi connectivity index (χ4n) is 2.25. The minimum absolute atomic E-state index is 0.262. The summed E-state index contributed by atoms with van der Waals surface area (Å²) in [5.41, 5.74) is 0. The summed E-state index contributed by atoms with van der Waals surface area (Å²) < 4.78 is 12.5. The normalized spacial score (nSPS) is 23.2. The molecule has 0 aromatic heterocycles. The molecule has 1 rings (SSSR count). The molecule has 0 radical (unpaired) electrons. The van der Waals surface area contributed by atoms with Gasteiger partial charge in [-0.1, -0.05) is 48.0 Å². The van der Waals surface area contributed by atoms with Crippen LogP contribution < -0.4 is 0 Å². The van der Waals surface area contributed by atoms with Crippen molar-refractivity contribution in [1.82, 2.24) is 0 Å². The van der Waals surface area contributed by atoms with E-state index < -0.39 is 0 Å². The van der Waals surface area contributed by atoms with Crippen LogP contribution in [-0.2, 0) is 9.47 Å². The molecule has 0 fully saturated rings. The van der Waals surface area contributed by atoms with E-state index in [4.69, 9.17) is 9.47 Å². The van der Waals surface area contributed by atoms with Crippen LogP contribution in [-0.4, -0.2) is 25.9 Å². The van der Waals surface area contributed by atoms with E-state index in [1.165, 1.54) is 43.0 Å². The van der Waals surface area contributed by atoms with Crippen LogP contribution in [0.1, 0.15) is 58.3 Å². The highest BCUT2D eigenvalue weighted by Crippen LogP contribution is 2.21. The molecule has 1 atom stereocenters. The van der Waals surface area contributed by atoms with Crippen LogP contribution in [0.5, 0.6) is 0 Å². The third-order valence-corrected chi connectivity index (χ3v) is 3.95. The molecule has 0 aliphatic heterocycles. The first-order chi connectivity index (χ1) is 8.83. The standard InChI is InChI=1S/C15H27BrO2/c1-2-17-11-12-18-15-10-8-6-4-3-5-7-9-14(16)13-15/h13,15H,2-12H2,1H3. The Bertz CT molecular complexity index is 229. The zero-order valence-electron chi connectivity index (χ0n) is 11.6. The van der Waals surface area contributed by atoms with E-state index in [2.05, 4.69) is 22.0 Å². The Kier molecular flexibility index (Phi) is 9.90. The predicted octanol–water partition coefficient (Wildman–Crippen LogP) is 4.82. The fourth-order valence-corrected chi connectivity index (χ4v) is 2.82. The summed E-state index contributed by atoms with van der Waals surface area (Å²) >= 11 is 3.67. The highest BCUT2D eigenvalue weighted by atomic mass is 79.9. The summed E-state index contributed by atoms with van der Waals surface area (Å²) in [6.07, 6.45) is 12.9. The van der Waals surface area contributed by atoms with Gasteiger partial charge in [0.25, 0.3) is 0 Å². The third-order valence-electron chi connectivity index (χ3n) is 3.28. The Morgan fingerprint density at radius 2 is 1.83 bits per heavy atom. The zero-order chi connectivity index (χ0) is 13.1. The largest absolute Gasteiger partial charge is 0.379 e. The Labute approximate surface area is 120 Å². The van der Waals surface area contributed by atoms with Crippen LogP contribution in [0.25, 0.3) is 0 Å². The lowest BCUT2D eigenvalue weighted by molar-refractivity contribution is 0.0229. The van der Waals surface area contributed by atoms with E-state index in [1.54, 1.807) is 0 Å². The van der Waals surface area contributed by atoms with Crippen LogP contribution in [0.2, 0.25) is 0 Å². The zero-order valence-corrected chi connectivity index (χ0v) is 13.2. The van der Waals surface area contributed by atoms with Crippen LogP contribution in [0.3, 0.4) is 0 Å². The summed E-state index contributed by atoms with van der Waals surface area (Å²) in [4.78, 5) is 0. The maximum absolute atomic E-state index is 5.90.